The standard InChI is InChI=1S/C12H15F2NO2/c1-12(15,11(13)14)7-8-2-3-9-10(6-8)17-5-4-16-9/h2-3,6,11H,4-5,7,15H2,1H3. The van der Waals surface area contributed by atoms with Gasteiger partial charge in [-0.15, -0.1) is 0 Å². The first kappa shape index (κ1) is 12.1. The second-order valence-electron chi connectivity index (χ2n) is 4.46. The van der Waals surface area contributed by atoms with Crippen LogP contribution < -0.4 is 15.2 Å². The summed E-state index contributed by atoms with van der Waals surface area (Å²) < 4.78 is 36.1. The minimum atomic E-state index is -2.56. The maximum atomic E-state index is 12.7. The van der Waals surface area contributed by atoms with Crippen LogP contribution in [0, 0.1) is 0 Å². The lowest BCUT2D eigenvalue weighted by atomic mass is 9.94. The van der Waals surface area contributed by atoms with Crippen molar-refractivity contribution in [2.45, 2.75) is 25.3 Å². The fourth-order valence-corrected chi connectivity index (χ4v) is 1.71. The van der Waals surface area contributed by atoms with Crippen LogP contribution in [0.2, 0.25) is 0 Å². The van der Waals surface area contributed by atoms with Crippen LogP contribution in [0.25, 0.3) is 0 Å². The van der Waals surface area contributed by atoms with Crippen molar-refractivity contribution < 1.29 is 18.3 Å². The zero-order valence-corrected chi connectivity index (χ0v) is 9.58. The molecule has 0 aromatic heterocycles. The Morgan fingerprint density at radius 1 is 1.29 bits per heavy atom. The lowest BCUT2D eigenvalue weighted by Gasteiger charge is -2.25. The van der Waals surface area contributed by atoms with E-state index in [1.165, 1.54) is 6.92 Å². The van der Waals surface area contributed by atoms with Crippen molar-refractivity contribution in [1.82, 2.24) is 0 Å². The van der Waals surface area contributed by atoms with Gasteiger partial charge in [-0.3, -0.25) is 0 Å². The molecule has 0 aliphatic carbocycles. The number of benzene rings is 1. The van der Waals surface area contributed by atoms with Gasteiger partial charge >= 0.3 is 0 Å². The molecule has 0 amide bonds. The van der Waals surface area contributed by atoms with Gasteiger partial charge in [-0.25, -0.2) is 8.78 Å². The SMILES string of the molecule is CC(N)(Cc1ccc2c(c1)OCCO2)C(F)F. The average molecular weight is 243 g/mol. The lowest BCUT2D eigenvalue weighted by Crippen LogP contribution is -2.45. The van der Waals surface area contributed by atoms with Crippen LogP contribution in [0.1, 0.15) is 12.5 Å². The Morgan fingerprint density at radius 2 is 1.94 bits per heavy atom. The van der Waals surface area contributed by atoms with E-state index in [0.717, 1.165) is 5.56 Å². The second kappa shape index (κ2) is 4.49. The molecule has 0 saturated heterocycles. The quantitative estimate of drug-likeness (QED) is 0.882. The summed E-state index contributed by atoms with van der Waals surface area (Å²) in [5.41, 5.74) is 4.74. The van der Waals surface area contributed by atoms with Crippen molar-refractivity contribution in [3.63, 3.8) is 0 Å². The third-order valence-electron chi connectivity index (χ3n) is 2.69. The van der Waals surface area contributed by atoms with Crippen molar-refractivity contribution in [3.05, 3.63) is 23.8 Å². The molecule has 1 aromatic carbocycles. The normalized spacial score (nSPS) is 17.9. The molecule has 1 aliphatic heterocycles. The number of alkyl halides is 2. The first-order valence-corrected chi connectivity index (χ1v) is 5.44. The van der Waals surface area contributed by atoms with Gasteiger partial charge in [0.1, 0.15) is 13.2 Å². The molecular weight excluding hydrogens is 228 g/mol. The Labute approximate surface area is 98.5 Å². The zero-order valence-electron chi connectivity index (χ0n) is 9.58. The number of nitrogens with two attached hydrogens (primary N) is 1. The molecule has 0 radical (unpaired) electrons. The molecule has 1 aromatic rings. The van der Waals surface area contributed by atoms with Gasteiger partial charge in [0.15, 0.2) is 11.5 Å². The van der Waals surface area contributed by atoms with E-state index in [9.17, 15) is 8.78 Å². The Bertz CT molecular complexity index is 407. The minimum absolute atomic E-state index is 0.0985. The highest BCUT2D eigenvalue weighted by molar-refractivity contribution is 5.44. The van der Waals surface area contributed by atoms with Crippen LogP contribution in [0.15, 0.2) is 18.2 Å². The van der Waals surface area contributed by atoms with Crippen LogP contribution in [0.5, 0.6) is 11.5 Å². The minimum Gasteiger partial charge on any atom is -0.486 e. The molecule has 0 bridgehead atoms. The van der Waals surface area contributed by atoms with E-state index >= 15 is 0 Å². The highest BCUT2D eigenvalue weighted by Gasteiger charge is 2.30. The Balaban J connectivity index is 2.17. The summed E-state index contributed by atoms with van der Waals surface area (Å²) in [7, 11) is 0. The molecule has 1 unspecified atom stereocenters. The lowest BCUT2D eigenvalue weighted by molar-refractivity contribution is 0.0638. The van der Waals surface area contributed by atoms with Crippen LogP contribution in [-0.2, 0) is 6.42 Å². The van der Waals surface area contributed by atoms with Crippen LogP contribution in [0.3, 0.4) is 0 Å². The van der Waals surface area contributed by atoms with Crippen molar-refractivity contribution in [2.75, 3.05) is 13.2 Å². The molecule has 5 heteroatoms. The molecule has 94 valence electrons. The van der Waals surface area contributed by atoms with Gasteiger partial charge in [0.2, 0.25) is 0 Å². The second-order valence-corrected chi connectivity index (χ2v) is 4.46. The smallest absolute Gasteiger partial charge is 0.256 e. The summed E-state index contributed by atoms with van der Waals surface area (Å²) in [6, 6.07) is 5.17. The Morgan fingerprint density at radius 3 is 2.59 bits per heavy atom. The monoisotopic (exact) mass is 243 g/mol. The van der Waals surface area contributed by atoms with E-state index in [4.69, 9.17) is 15.2 Å². The molecule has 1 atom stereocenters. The molecular formula is C12H15F2NO2. The molecule has 0 saturated carbocycles. The fraction of sp³-hybridized carbons (Fsp3) is 0.500. The molecule has 0 fully saturated rings. The summed E-state index contributed by atoms with van der Waals surface area (Å²) >= 11 is 0. The number of hydrogen-bond donors (Lipinski definition) is 1. The van der Waals surface area contributed by atoms with E-state index in [1.54, 1.807) is 18.2 Å². The van der Waals surface area contributed by atoms with Gasteiger partial charge in [-0.2, -0.15) is 0 Å². The topological polar surface area (TPSA) is 44.5 Å². The van der Waals surface area contributed by atoms with E-state index < -0.39 is 12.0 Å². The first-order chi connectivity index (χ1) is 7.99. The predicted molar refractivity (Wildman–Crippen MR) is 59.7 cm³/mol. The molecule has 17 heavy (non-hydrogen) atoms. The maximum Gasteiger partial charge on any atom is 0.256 e. The summed E-state index contributed by atoms with van der Waals surface area (Å²) in [5.74, 6) is 1.24. The van der Waals surface area contributed by atoms with Crippen molar-refractivity contribution in [3.8, 4) is 11.5 Å². The zero-order chi connectivity index (χ0) is 12.5. The van der Waals surface area contributed by atoms with Gasteiger partial charge in [-0.1, -0.05) is 6.07 Å². The third-order valence-corrected chi connectivity index (χ3v) is 2.69. The average Bonchev–Trinajstić information content (AvgIpc) is 2.28. The summed E-state index contributed by atoms with van der Waals surface area (Å²) in [5, 5.41) is 0. The number of rotatable bonds is 3. The molecule has 1 aliphatic rings. The first-order valence-electron chi connectivity index (χ1n) is 5.44. The summed E-state index contributed by atoms with van der Waals surface area (Å²) in [4.78, 5) is 0. The van der Waals surface area contributed by atoms with E-state index in [2.05, 4.69) is 0 Å². The van der Waals surface area contributed by atoms with E-state index in [0.29, 0.717) is 24.7 Å². The number of ether oxygens (including phenoxy) is 2. The predicted octanol–water partition coefficient (Wildman–Crippen LogP) is 1.98. The number of halogens is 2. The van der Waals surface area contributed by atoms with Crippen molar-refractivity contribution in [2.24, 2.45) is 5.73 Å². The van der Waals surface area contributed by atoms with Gasteiger partial charge in [0.05, 0.1) is 5.54 Å². The molecule has 3 nitrogen and oxygen atoms in total. The number of hydrogen-bond acceptors (Lipinski definition) is 3. The van der Waals surface area contributed by atoms with E-state index in [-0.39, 0.29) is 6.42 Å². The summed E-state index contributed by atoms with van der Waals surface area (Å²) in [6.07, 6.45) is -2.46. The van der Waals surface area contributed by atoms with Crippen molar-refractivity contribution in [1.29, 1.82) is 0 Å². The van der Waals surface area contributed by atoms with Crippen LogP contribution >= 0.6 is 0 Å². The maximum absolute atomic E-state index is 12.7. The fourth-order valence-electron chi connectivity index (χ4n) is 1.71. The van der Waals surface area contributed by atoms with Crippen LogP contribution in [-0.4, -0.2) is 25.2 Å². The van der Waals surface area contributed by atoms with Gasteiger partial charge in [0, 0.05) is 0 Å². The molecule has 1 heterocycles. The largest absolute Gasteiger partial charge is 0.486 e. The highest BCUT2D eigenvalue weighted by atomic mass is 19.3. The van der Waals surface area contributed by atoms with Gasteiger partial charge in [0.25, 0.3) is 6.43 Å². The van der Waals surface area contributed by atoms with E-state index in [1.807, 2.05) is 0 Å². The van der Waals surface area contributed by atoms with Crippen LogP contribution in [0.4, 0.5) is 8.78 Å². The Kier molecular flexibility index (Phi) is 3.19. The highest BCUT2D eigenvalue weighted by Crippen LogP contribution is 2.32. The van der Waals surface area contributed by atoms with Crippen molar-refractivity contribution >= 4 is 0 Å². The molecule has 2 rings (SSSR count). The number of fused-ring (bicyclic) bond motifs is 1. The summed E-state index contributed by atoms with van der Waals surface area (Å²) in [6.45, 7) is 2.33. The molecule has 2 N–H and O–H groups in total. The Hall–Kier alpha value is -1.36. The third kappa shape index (κ3) is 2.66. The molecule has 0 spiro atoms. The van der Waals surface area contributed by atoms with Gasteiger partial charge < -0.3 is 15.2 Å². The van der Waals surface area contributed by atoms with Gasteiger partial charge in [-0.05, 0) is 31.0 Å².